The van der Waals surface area contributed by atoms with Crippen LogP contribution in [0.4, 0.5) is 0 Å². The Hall–Kier alpha value is -2.64. The zero-order valence-electron chi connectivity index (χ0n) is 17.0. The molecule has 7 nitrogen and oxygen atoms in total. The number of hydrogen-bond donors (Lipinski definition) is 0. The zero-order valence-corrected chi connectivity index (χ0v) is 17.0. The van der Waals surface area contributed by atoms with Crippen LogP contribution < -0.4 is 4.74 Å². The van der Waals surface area contributed by atoms with E-state index in [1.807, 2.05) is 18.2 Å². The van der Waals surface area contributed by atoms with Crippen molar-refractivity contribution in [3.63, 3.8) is 0 Å². The summed E-state index contributed by atoms with van der Waals surface area (Å²) in [5, 5.41) is 9.17. The fraction of sp³-hybridized carbons (Fsp3) is 0.455. The van der Waals surface area contributed by atoms with E-state index in [2.05, 4.69) is 49.8 Å². The van der Waals surface area contributed by atoms with Crippen LogP contribution in [0.1, 0.15) is 24.4 Å². The number of hydrogen-bond acceptors (Lipinski definition) is 6. The van der Waals surface area contributed by atoms with Crippen molar-refractivity contribution in [2.45, 2.75) is 31.5 Å². The Labute approximate surface area is 170 Å². The van der Waals surface area contributed by atoms with Crippen molar-refractivity contribution in [2.75, 3.05) is 33.8 Å². The summed E-state index contributed by atoms with van der Waals surface area (Å²) in [4.78, 5) is 4.86. The number of likely N-dealkylation sites (tertiary alicyclic amines) is 1. The van der Waals surface area contributed by atoms with Gasteiger partial charge in [-0.3, -0.25) is 9.80 Å². The summed E-state index contributed by atoms with van der Waals surface area (Å²) < 4.78 is 13.3. The van der Waals surface area contributed by atoms with Crippen molar-refractivity contribution in [1.29, 1.82) is 0 Å². The average Bonchev–Trinajstić information content (AvgIpc) is 3.40. The van der Waals surface area contributed by atoms with E-state index in [1.54, 1.807) is 13.4 Å². The molecular formula is C22H27N5O2. The SMILES string of the molecule is COc1ccc(-c2nnc3n2C2(CCN(Cc4ccco4)CC2)CN(C)C3)cc1. The third-order valence-electron chi connectivity index (χ3n) is 6.27. The van der Waals surface area contributed by atoms with Gasteiger partial charge in [0, 0.05) is 25.2 Å². The monoisotopic (exact) mass is 393 g/mol. The summed E-state index contributed by atoms with van der Waals surface area (Å²) in [5.41, 5.74) is 1.12. The Morgan fingerprint density at radius 2 is 1.90 bits per heavy atom. The normalized spacial score (nSPS) is 19.4. The number of nitrogens with zero attached hydrogens (tertiary/aromatic N) is 5. The average molecular weight is 393 g/mol. The Kier molecular flexibility index (Phi) is 4.64. The van der Waals surface area contributed by atoms with Gasteiger partial charge < -0.3 is 13.7 Å². The second-order valence-electron chi connectivity index (χ2n) is 8.26. The lowest BCUT2D eigenvalue weighted by Crippen LogP contribution is -2.55. The number of ether oxygens (including phenoxy) is 1. The number of piperidine rings is 1. The van der Waals surface area contributed by atoms with Gasteiger partial charge in [-0.05, 0) is 56.3 Å². The lowest BCUT2D eigenvalue weighted by Gasteiger charge is -2.48. The molecule has 0 radical (unpaired) electrons. The van der Waals surface area contributed by atoms with E-state index in [4.69, 9.17) is 9.15 Å². The van der Waals surface area contributed by atoms with Gasteiger partial charge in [0.05, 0.1) is 32.0 Å². The molecule has 1 saturated heterocycles. The molecule has 0 saturated carbocycles. The Morgan fingerprint density at radius 3 is 2.59 bits per heavy atom. The van der Waals surface area contributed by atoms with E-state index in [1.165, 1.54) is 0 Å². The summed E-state index contributed by atoms with van der Waals surface area (Å²) in [6.07, 6.45) is 3.90. The number of furan rings is 1. The minimum absolute atomic E-state index is 0.0285. The molecule has 0 unspecified atom stereocenters. The Balaban J connectivity index is 1.44. The highest BCUT2D eigenvalue weighted by atomic mass is 16.5. The van der Waals surface area contributed by atoms with E-state index < -0.39 is 0 Å². The van der Waals surface area contributed by atoms with Crippen LogP contribution in [-0.2, 0) is 18.6 Å². The first kappa shape index (κ1) is 18.4. The van der Waals surface area contributed by atoms with Gasteiger partial charge in [0.25, 0.3) is 0 Å². The first-order chi connectivity index (χ1) is 14.2. The molecule has 0 N–H and O–H groups in total. The van der Waals surface area contributed by atoms with Crippen LogP contribution in [-0.4, -0.2) is 58.4 Å². The fourth-order valence-electron chi connectivity index (χ4n) is 4.85. The molecule has 1 fully saturated rings. The molecule has 7 heteroatoms. The van der Waals surface area contributed by atoms with Crippen LogP contribution in [0.15, 0.2) is 47.1 Å². The van der Waals surface area contributed by atoms with Crippen molar-refractivity contribution in [1.82, 2.24) is 24.6 Å². The zero-order chi connectivity index (χ0) is 19.8. The van der Waals surface area contributed by atoms with E-state index >= 15 is 0 Å². The van der Waals surface area contributed by atoms with Crippen LogP contribution in [0.3, 0.4) is 0 Å². The molecule has 1 aromatic carbocycles. The number of benzene rings is 1. The number of methoxy groups -OCH3 is 1. The van der Waals surface area contributed by atoms with Crippen molar-refractivity contribution < 1.29 is 9.15 Å². The third kappa shape index (κ3) is 3.34. The first-order valence-electron chi connectivity index (χ1n) is 10.2. The van der Waals surface area contributed by atoms with Gasteiger partial charge in [0.15, 0.2) is 5.82 Å². The molecule has 3 aromatic rings. The number of fused-ring (bicyclic) bond motifs is 2. The molecular weight excluding hydrogens is 366 g/mol. The van der Waals surface area contributed by atoms with Gasteiger partial charge in [-0.1, -0.05) is 0 Å². The number of rotatable bonds is 4. The fourth-order valence-corrected chi connectivity index (χ4v) is 4.85. The van der Waals surface area contributed by atoms with Crippen molar-refractivity contribution in [3.8, 4) is 17.1 Å². The molecule has 2 aliphatic rings. The Bertz CT molecular complexity index is 956. The van der Waals surface area contributed by atoms with E-state index in [0.717, 1.165) is 74.3 Å². The molecule has 2 aliphatic heterocycles. The van der Waals surface area contributed by atoms with Gasteiger partial charge in [0.2, 0.25) is 0 Å². The molecule has 0 amide bonds. The standard InChI is InChI=1S/C22H27N5O2/c1-25-15-20-23-24-21(17-5-7-18(28-2)8-6-17)27(20)22(16-25)9-11-26(12-10-22)14-19-4-3-13-29-19/h3-8,13H,9-12,14-16H2,1-2H3. The molecule has 0 atom stereocenters. The second-order valence-corrected chi connectivity index (χ2v) is 8.26. The summed E-state index contributed by atoms with van der Waals surface area (Å²) in [6, 6.07) is 12.2. The van der Waals surface area contributed by atoms with Crippen molar-refractivity contribution in [3.05, 3.63) is 54.2 Å². The van der Waals surface area contributed by atoms with Crippen LogP contribution in [0.25, 0.3) is 11.4 Å². The molecule has 152 valence electrons. The molecule has 2 aromatic heterocycles. The first-order valence-corrected chi connectivity index (χ1v) is 10.2. The highest BCUT2D eigenvalue weighted by molar-refractivity contribution is 5.57. The van der Waals surface area contributed by atoms with E-state index in [9.17, 15) is 0 Å². The Morgan fingerprint density at radius 1 is 1.10 bits per heavy atom. The van der Waals surface area contributed by atoms with Crippen LogP contribution in [0.5, 0.6) is 5.75 Å². The smallest absolute Gasteiger partial charge is 0.164 e. The maximum absolute atomic E-state index is 5.54. The van der Waals surface area contributed by atoms with Gasteiger partial charge in [0.1, 0.15) is 17.3 Å². The quantitative estimate of drug-likeness (QED) is 0.679. The lowest BCUT2D eigenvalue weighted by atomic mass is 9.84. The highest BCUT2D eigenvalue weighted by Crippen LogP contribution is 2.39. The molecule has 4 heterocycles. The maximum Gasteiger partial charge on any atom is 0.164 e. The molecule has 29 heavy (non-hydrogen) atoms. The molecule has 5 rings (SSSR count). The van der Waals surface area contributed by atoms with Crippen LogP contribution in [0.2, 0.25) is 0 Å². The predicted octanol–water partition coefficient (Wildman–Crippen LogP) is 2.98. The summed E-state index contributed by atoms with van der Waals surface area (Å²) >= 11 is 0. The molecule has 1 spiro atoms. The van der Waals surface area contributed by atoms with Crippen LogP contribution in [0, 0.1) is 0 Å². The van der Waals surface area contributed by atoms with Gasteiger partial charge in [-0.25, -0.2) is 0 Å². The van der Waals surface area contributed by atoms with Crippen molar-refractivity contribution >= 4 is 0 Å². The van der Waals surface area contributed by atoms with Crippen LogP contribution >= 0.6 is 0 Å². The van der Waals surface area contributed by atoms with Gasteiger partial charge >= 0.3 is 0 Å². The molecule has 0 aliphatic carbocycles. The van der Waals surface area contributed by atoms with Crippen molar-refractivity contribution in [2.24, 2.45) is 0 Å². The largest absolute Gasteiger partial charge is 0.497 e. The third-order valence-corrected chi connectivity index (χ3v) is 6.27. The number of aromatic nitrogens is 3. The second kappa shape index (κ2) is 7.31. The lowest BCUT2D eigenvalue weighted by molar-refractivity contribution is 0.0467. The maximum atomic E-state index is 5.54. The minimum Gasteiger partial charge on any atom is -0.497 e. The summed E-state index contributed by atoms with van der Waals surface area (Å²) in [6.45, 7) is 4.80. The highest BCUT2D eigenvalue weighted by Gasteiger charge is 2.43. The summed E-state index contributed by atoms with van der Waals surface area (Å²) in [7, 11) is 3.87. The minimum atomic E-state index is 0.0285. The number of likely N-dealkylation sites (N-methyl/N-ethyl adjacent to an activating group) is 1. The molecule has 0 bridgehead atoms. The van der Waals surface area contributed by atoms with Gasteiger partial charge in [-0.2, -0.15) is 0 Å². The predicted molar refractivity (Wildman–Crippen MR) is 110 cm³/mol. The van der Waals surface area contributed by atoms with E-state index in [0.29, 0.717) is 0 Å². The summed E-state index contributed by atoms with van der Waals surface area (Å²) in [5.74, 6) is 3.91. The van der Waals surface area contributed by atoms with E-state index in [-0.39, 0.29) is 5.54 Å². The van der Waals surface area contributed by atoms with Gasteiger partial charge in [-0.15, -0.1) is 10.2 Å². The topological polar surface area (TPSA) is 59.6 Å².